The van der Waals surface area contributed by atoms with Crippen molar-refractivity contribution in [3.63, 3.8) is 0 Å². The molecule has 5 rings (SSSR count). The maximum Gasteiger partial charge on any atom is 0.276 e. The van der Waals surface area contributed by atoms with E-state index in [1.165, 1.54) is 17.3 Å². The van der Waals surface area contributed by atoms with Crippen LogP contribution in [0, 0.1) is 5.95 Å². The van der Waals surface area contributed by atoms with E-state index in [-0.39, 0.29) is 17.1 Å². The number of carbonyl (C=O) groups is 1. The van der Waals surface area contributed by atoms with Crippen LogP contribution in [0.1, 0.15) is 35.5 Å². The molecule has 0 bridgehead atoms. The van der Waals surface area contributed by atoms with Gasteiger partial charge < -0.3 is 10.6 Å². The highest BCUT2D eigenvalue weighted by Crippen LogP contribution is 2.31. The summed E-state index contributed by atoms with van der Waals surface area (Å²) in [4.78, 5) is 16.7. The van der Waals surface area contributed by atoms with Gasteiger partial charge in [-0.3, -0.25) is 9.89 Å². The molecular formula is C24H22FN5O. The van der Waals surface area contributed by atoms with Crippen molar-refractivity contribution < 1.29 is 9.18 Å². The molecule has 2 aromatic heterocycles. The van der Waals surface area contributed by atoms with Gasteiger partial charge in [0, 0.05) is 28.4 Å². The molecule has 2 aromatic carbocycles. The number of rotatable bonds is 3. The summed E-state index contributed by atoms with van der Waals surface area (Å²) in [5.41, 5.74) is 5.00. The van der Waals surface area contributed by atoms with Crippen LogP contribution in [0.4, 0.5) is 10.1 Å². The van der Waals surface area contributed by atoms with Gasteiger partial charge >= 0.3 is 0 Å². The predicted octanol–water partition coefficient (Wildman–Crippen LogP) is 4.40. The van der Waals surface area contributed by atoms with Crippen molar-refractivity contribution in [2.24, 2.45) is 0 Å². The Balaban J connectivity index is 1.48. The minimum atomic E-state index is -0.554. The minimum absolute atomic E-state index is 0.157. The average Bonchev–Trinajstić information content (AvgIpc) is 3.18. The highest BCUT2D eigenvalue weighted by atomic mass is 19.1. The molecule has 0 saturated heterocycles. The Morgan fingerprint density at radius 2 is 2.03 bits per heavy atom. The van der Waals surface area contributed by atoms with Gasteiger partial charge in [0.1, 0.15) is 0 Å². The Morgan fingerprint density at radius 1 is 1.16 bits per heavy atom. The number of aromatic nitrogens is 3. The molecule has 156 valence electrons. The Labute approximate surface area is 178 Å². The van der Waals surface area contributed by atoms with Crippen LogP contribution in [0.25, 0.3) is 22.0 Å². The van der Waals surface area contributed by atoms with E-state index in [1.54, 1.807) is 30.3 Å². The number of carbonyl (C=O) groups excluding carboxylic acids is 1. The molecule has 0 aliphatic carbocycles. The number of fused-ring (bicyclic) bond motifs is 2. The zero-order valence-electron chi connectivity index (χ0n) is 17.3. The quantitative estimate of drug-likeness (QED) is 0.433. The number of amides is 1. The van der Waals surface area contributed by atoms with Gasteiger partial charge in [-0.25, -0.2) is 4.98 Å². The maximum atomic E-state index is 14.1. The number of benzene rings is 2. The van der Waals surface area contributed by atoms with Crippen molar-refractivity contribution in [3.05, 3.63) is 77.5 Å². The van der Waals surface area contributed by atoms with Crippen LogP contribution in [-0.2, 0) is 12.0 Å². The summed E-state index contributed by atoms with van der Waals surface area (Å²) in [6, 6.07) is 14.7. The topological polar surface area (TPSA) is 82.7 Å². The van der Waals surface area contributed by atoms with Gasteiger partial charge in [-0.15, -0.1) is 0 Å². The maximum absolute atomic E-state index is 14.1. The van der Waals surface area contributed by atoms with Crippen LogP contribution < -0.4 is 10.6 Å². The number of pyridine rings is 1. The van der Waals surface area contributed by atoms with Gasteiger partial charge in [0.2, 0.25) is 5.95 Å². The van der Waals surface area contributed by atoms with Crippen molar-refractivity contribution >= 4 is 22.5 Å². The average molecular weight is 415 g/mol. The van der Waals surface area contributed by atoms with E-state index < -0.39 is 5.95 Å². The first-order valence-electron chi connectivity index (χ1n) is 10.2. The number of aromatic amines is 1. The summed E-state index contributed by atoms with van der Waals surface area (Å²) < 4.78 is 14.1. The summed E-state index contributed by atoms with van der Waals surface area (Å²) in [6.07, 6.45) is 2.37. The lowest BCUT2D eigenvalue weighted by molar-refractivity contribution is 0.102. The molecule has 0 fully saturated rings. The highest BCUT2D eigenvalue weighted by Gasteiger charge is 2.27. The number of nitrogens with one attached hydrogen (secondary N) is 3. The van der Waals surface area contributed by atoms with Crippen LogP contribution in [-0.4, -0.2) is 27.6 Å². The molecule has 0 spiro atoms. The zero-order chi connectivity index (χ0) is 21.6. The third-order valence-electron chi connectivity index (χ3n) is 5.85. The van der Waals surface area contributed by atoms with Crippen molar-refractivity contribution in [1.29, 1.82) is 0 Å². The molecule has 0 radical (unpaired) electrons. The number of hydrogen-bond acceptors (Lipinski definition) is 4. The Morgan fingerprint density at radius 3 is 2.87 bits per heavy atom. The molecular weight excluding hydrogens is 393 g/mol. The first kappa shape index (κ1) is 19.4. The molecule has 4 aromatic rings. The summed E-state index contributed by atoms with van der Waals surface area (Å²) >= 11 is 0. The fraction of sp³-hybridized carbons (Fsp3) is 0.208. The minimum Gasteiger partial charge on any atom is -0.321 e. The van der Waals surface area contributed by atoms with Gasteiger partial charge in [0.05, 0.1) is 5.52 Å². The van der Waals surface area contributed by atoms with E-state index in [4.69, 9.17) is 0 Å². The van der Waals surface area contributed by atoms with Gasteiger partial charge in [0.15, 0.2) is 5.69 Å². The van der Waals surface area contributed by atoms with Gasteiger partial charge in [-0.2, -0.15) is 9.49 Å². The summed E-state index contributed by atoms with van der Waals surface area (Å²) in [5.74, 6) is -0.877. The fourth-order valence-corrected chi connectivity index (χ4v) is 4.21. The third-order valence-corrected chi connectivity index (χ3v) is 5.85. The lowest BCUT2D eigenvalue weighted by Crippen LogP contribution is -2.42. The van der Waals surface area contributed by atoms with E-state index in [0.29, 0.717) is 27.7 Å². The van der Waals surface area contributed by atoms with Crippen LogP contribution in [0.5, 0.6) is 0 Å². The number of anilines is 1. The second-order valence-corrected chi connectivity index (χ2v) is 8.30. The monoisotopic (exact) mass is 415 g/mol. The summed E-state index contributed by atoms with van der Waals surface area (Å²) in [7, 11) is 0. The first-order chi connectivity index (χ1) is 14.9. The molecule has 0 saturated carbocycles. The first-order valence-corrected chi connectivity index (χ1v) is 10.2. The lowest BCUT2D eigenvalue weighted by atomic mass is 9.85. The largest absolute Gasteiger partial charge is 0.321 e. The molecule has 1 aliphatic heterocycles. The van der Waals surface area contributed by atoms with Crippen LogP contribution in [0.15, 0.2) is 54.7 Å². The van der Waals surface area contributed by atoms with Crippen molar-refractivity contribution in [2.75, 3.05) is 11.9 Å². The van der Waals surface area contributed by atoms with E-state index in [2.05, 4.69) is 45.7 Å². The Hall–Kier alpha value is -3.58. The number of hydrogen-bond donors (Lipinski definition) is 3. The zero-order valence-corrected chi connectivity index (χ0v) is 17.3. The highest BCUT2D eigenvalue weighted by molar-refractivity contribution is 6.11. The van der Waals surface area contributed by atoms with E-state index >= 15 is 0 Å². The smallest absolute Gasteiger partial charge is 0.276 e. The second-order valence-electron chi connectivity index (χ2n) is 8.30. The third kappa shape index (κ3) is 3.47. The Kier molecular flexibility index (Phi) is 4.55. The van der Waals surface area contributed by atoms with Crippen molar-refractivity contribution in [2.45, 2.75) is 25.8 Å². The molecule has 7 heteroatoms. The van der Waals surface area contributed by atoms with E-state index in [9.17, 15) is 9.18 Å². The molecule has 3 N–H and O–H groups in total. The molecule has 3 heterocycles. The normalized spacial score (nSPS) is 14.9. The van der Waals surface area contributed by atoms with E-state index in [0.717, 1.165) is 13.0 Å². The number of halogens is 1. The Bertz CT molecular complexity index is 1310. The van der Waals surface area contributed by atoms with Gasteiger partial charge in [-0.05, 0) is 79.9 Å². The fourth-order valence-electron chi connectivity index (χ4n) is 4.21. The SMILES string of the molecule is CC1(C)NCCc2ccc(NC(=O)c3n[nH]c4ccc(-c5cccnc5F)cc34)cc21. The molecule has 31 heavy (non-hydrogen) atoms. The molecule has 6 nitrogen and oxygen atoms in total. The predicted molar refractivity (Wildman–Crippen MR) is 118 cm³/mol. The molecule has 1 amide bonds. The summed E-state index contributed by atoms with van der Waals surface area (Å²) in [6.45, 7) is 5.21. The van der Waals surface area contributed by atoms with Gasteiger partial charge in [-0.1, -0.05) is 12.1 Å². The lowest BCUT2D eigenvalue weighted by Gasteiger charge is -2.34. The standard InChI is InChI=1S/C24H22FN5O/c1-24(2)19-13-16(7-5-14(19)9-11-27-24)28-23(31)21-18-12-15(6-8-20(18)29-30-21)17-4-3-10-26-22(17)25/h3-8,10,12-13,27H,9,11H2,1-2H3,(H,28,31)(H,29,30). The van der Waals surface area contributed by atoms with E-state index in [1.807, 2.05) is 12.1 Å². The number of nitrogens with zero attached hydrogens (tertiary/aromatic N) is 2. The second kappa shape index (κ2) is 7.28. The van der Waals surface area contributed by atoms with Crippen LogP contribution in [0.2, 0.25) is 0 Å². The summed E-state index contributed by atoms with van der Waals surface area (Å²) in [5, 5.41) is 14.2. The van der Waals surface area contributed by atoms with Crippen molar-refractivity contribution in [1.82, 2.24) is 20.5 Å². The van der Waals surface area contributed by atoms with Gasteiger partial charge in [0.25, 0.3) is 5.91 Å². The van der Waals surface area contributed by atoms with Crippen molar-refractivity contribution in [3.8, 4) is 11.1 Å². The molecule has 1 aliphatic rings. The molecule has 0 atom stereocenters. The molecule has 0 unspecified atom stereocenters. The van der Waals surface area contributed by atoms with Crippen LogP contribution in [0.3, 0.4) is 0 Å². The number of H-pyrrole nitrogens is 1. The van der Waals surface area contributed by atoms with Crippen LogP contribution >= 0.6 is 0 Å².